The van der Waals surface area contributed by atoms with Crippen molar-refractivity contribution in [2.75, 3.05) is 0 Å². The highest BCUT2D eigenvalue weighted by Gasteiger charge is 2.37. The van der Waals surface area contributed by atoms with Gasteiger partial charge in [-0.15, -0.1) is 0 Å². The monoisotopic (exact) mass is 184 g/mol. The van der Waals surface area contributed by atoms with Crippen LogP contribution >= 0.6 is 0 Å². The highest BCUT2D eigenvalue weighted by atomic mass is 16.3. The van der Waals surface area contributed by atoms with Crippen molar-refractivity contribution in [3.8, 4) is 0 Å². The molecule has 1 N–H and O–H groups in total. The predicted octanol–water partition coefficient (Wildman–Crippen LogP) is 3.36. The maximum Gasteiger partial charge on any atom is 0.0542 e. The zero-order valence-electron chi connectivity index (χ0n) is 9.34. The lowest BCUT2D eigenvalue weighted by atomic mass is 9.63. The fraction of sp³-hybridized carbons (Fsp3) is 1.00. The normalized spacial score (nSPS) is 26.8. The summed E-state index contributed by atoms with van der Waals surface area (Å²) in [6.45, 7) is 6.44. The van der Waals surface area contributed by atoms with Crippen LogP contribution in [0.15, 0.2) is 0 Å². The quantitative estimate of drug-likeness (QED) is 0.713. The number of aliphatic hydroxyl groups is 1. The summed E-state index contributed by atoms with van der Waals surface area (Å²) in [5.74, 6) is 0.470. The van der Waals surface area contributed by atoms with E-state index in [1.54, 1.807) is 0 Å². The van der Waals surface area contributed by atoms with Crippen molar-refractivity contribution in [2.45, 2.75) is 65.4 Å². The smallest absolute Gasteiger partial charge is 0.0542 e. The van der Waals surface area contributed by atoms with Gasteiger partial charge in [0.05, 0.1) is 6.10 Å². The molecule has 1 fully saturated rings. The second-order valence-electron chi connectivity index (χ2n) is 4.81. The van der Waals surface area contributed by atoms with Gasteiger partial charge in [-0.05, 0) is 31.1 Å². The molecule has 0 aromatic carbocycles. The molecule has 0 aliphatic heterocycles. The summed E-state index contributed by atoms with van der Waals surface area (Å²) >= 11 is 0. The van der Waals surface area contributed by atoms with Crippen LogP contribution in [0.1, 0.15) is 59.3 Å². The zero-order valence-corrected chi connectivity index (χ0v) is 9.34. The van der Waals surface area contributed by atoms with Gasteiger partial charge in [0.15, 0.2) is 0 Å². The molecule has 1 rings (SSSR count). The molecule has 0 heterocycles. The maximum atomic E-state index is 9.67. The van der Waals surface area contributed by atoms with Crippen LogP contribution in [-0.4, -0.2) is 11.2 Å². The van der Waals surface area contributed by atoms with Crippen molar-refractivity contribution in [1.82, 2.24) is 0 Å². The van der Waals surface area contributed by atoms with E-state index in [1.165, 1.54) is 38.5 Å². The SMILES string of the molecule is CCC1([C@H](C)[C@H](C)O)CCCCC1. The molecule has 0 unspecified atom stereocenters. The van der Waals surface area contributed by atoms with E-state index in [0.717, 1.165) is 0 Å². The summed E-state index contributed by atoms with van der Waals surface area (Å²) in [5.41, 5.74) is 0.451. The molecule has 0 radical (unpaired) electrons. The Labute approximate surface area is 82.5 Å². The Balaban J connectivity index is 2.66. The van der Waals surface area contributed by atoms with Gasteiger partial charge in [-0.2, -0.15) is 0 Å². The summed E-state index contributed by atoms with van der Waals surface area (Å²) in [6.07, 6.45) is 7.88. The molecule has 2 atom stereocenters. The van der Waals surface area contributed by atoms with Gasteiger partial charge >= 0.3 is 0 Å². The first-order valence-electron chi connectivity index (χ1n) is 5.80. The Bertz CT molecular complexity index is 145. The molecule has 78 valence electrons. The van der Waals surface area contributed by atoms with E-state index in [0.29, 0.717) is 11.3 Å². The third kappa shape index (κ3) is 2.25. The highest BCUT2D eigenvalue weighted by Crippen LogP contribution is 2.46. The van der Waals surface area contributed by atoms with Crippen LogP contribution in [0.2, 0.25) is 0 Å². The third-order valence-electron chi connectivity index (χ3n) is 4.24. The van der Waals surface area contributed by atoms with E-state index in [1.807, 2.05) is 6.92 Å². The van der Waals surface area contributed by atoms with E-state index < -0.39 is 0 Å². The van der Waals surface area contributed by atoms with Crippen molar-refractivity contribution >= 4 is 0 Å². The van der Waals surface area contributed by atoms with Gasteiger partial charge < -0.3 is 5.11 Å². The molecule has 1 aliphatic carbocycles. The molecular formula is C12H24O. The van der Waals surface area contributed by atoms with Crippen LogP contribution in [-0.2, 0) is 0 Å². The van der Waals surface area contributed by atoms with E-state index in [-0.39, 0.29) is 6.10 Å². The average Bonchev–Trinajstić information content (AvgIpc) is 2.17. The van der Waals surface area contributed by atoms with Crippen LogP contribution in [0, 0.1) is 11.3 Å². The fourth-order valence-electron chi connectivity index (χ4n) is 2.90. The highest BCUT2D eigenvalue weighted by molar-refractivity contribution is 4.88. The minimum absolute atomic E-state index is 0.141. The summed E-state index contributed by atoms with van der Waals surface area (Å²) in [7, 11) is 0. The van der Waals surface area contributed by atoms with Gasteiger partial charge in [0, 0.05) is 0 Å². The Kier molecular flexibility index (Phi) is 3.78. The van der Waals surface area contributed by atoms with Crippen molar-refractivity contribution in [2.24, 2.45) is 11.3 Å². The van der Waals surface area contributed by atoms with Crippen molar-refractivity contribution in [3.05, 3.63) is 0 Å². The molecule has 13 heavy (non-hydrogen) atoms. The van der Waals surface area contributed by atoms with E-state index in [9.17, 15) is 5.11 Å². The predicted molar refractivity (Wildman–Crippen MR) is 56.7 cm³/mol. The molecule has 1 aliphatic rings. The molecule has 1 heteroatoms. The number of rotatable bonds is 3. The minimum Gasteiger partial charge on any atom is -0.393 e. The van der Waals surface area contributed by atoms with E-state index in [2.05, 4.69) is 13.8 Å². The van der Waals surface area contributed by atoms with Gasteiger partial charge in [0.25, 0.3) is 0 Å². The van der Waals surface area contributed by atoms with Crippen molar-refractivity contribution < 1.29 is 5.11 Å². The summed E-state index contributed by atoms with van der Waals surface area (Å²) in [4.78, 5) is 0. The number of hydrogen-bond donors (Lipinski definition) is 1. The van der Waals surface area contributed by atoms with Gasteiger partial charge in [0.1, 0.15) is 0 Å². The van der Waals surface area contributed by atoms with Gasteiger partial charge in [-0.25, -0.2) is 0 Å². The van der Waals surface area contributed by atoms with Gasteiger partial charge in [0.2, 0.25) is 0 Å². The lowest BCUT2D eigenvalue weighted by molar-refractivity contribution is 0.00898. The molecule has 1 saturated carbocycles. The van der Waals surface area contributed by atoms with Crippen LogP contribution in [0.5, 0.6) is 0 Å². The van der Waals surface area contributed by atoms with E-state index in [4.69, 9.17) is 0 Å². The minimum atomic E-state index is -0.141. The molecule has 1 nitrogen and oxygen atoms in total. The Morgan fingerprint density at radius 3 is 2.08 bits per heavy atom. The molecule has 0 amide bonds. The maximum absolute atomic E-state index is 9.67. The van der Waals surface area contributed by atoms with Crippen LogP contribution < -0.4 is 0 Å². The van der Waals surface area contributed by atoms with Crippen LogP contribution in [0.25, 0.3) is 0 Å². The van der Waals surface area contributed by atoms with Crippen molar-refractivity contribution in [1.29, 1.82) is 0 Å². The first-order valence-corrected chi connectivity index (χ1v) is 5.80. The summed E-state index contributed by atoms with van der Waals surface area (Å²) < 4.78 is 0. The summed E-state index contributed by atoms with van der Waals surface area (Å²) in [6, 6.07) is 0. The topological polar surface area (TPSA) is 20.2 Å². The largest absolute Gasteiger partial charge is 0.393 e. The first-order chi connectivity index (χ1) is 6.12. The fourth-order valence-corrected chi connectivity index (χ4v) is 2.90. The Morgan fingerprint density at radius 1 is 1.15 bits per heavy atom. The van der Waals surface area contributed by atoms with E-state index >= 15 is 0 Å². The standard InChI is InChI=1S/C12H24O/c1-4-12(10(2)11(3)13)8-6-5-7-9-12/h10-11,13H,4-9H2,1-3H3/t10-,11+/m1/s1. The van der Waals surface area contributed by atoms with Crippen molar-refractivity contribution in [3.63, 3.8) is 0 Å². The zero-order chi connectivity index (χ0) is 9.90. The molecule has 0 bridgehead atoms. The summed E-state index contributed by atoms with van der Waals surface area (Å²) in [5, 5.41) is 9.67. The number of hydrogen-bond acceptors (Lipinski definition) is 1. The Hall–Kier alpha value is -0.0400. The Morgan fingerprint density at radius 2 is 1.69 bits per heavy atom. The number of aliphatic hydroxyl groups excluding tert-OH is 1. The molecule has 0 aromatic rings. The average molecular weight is 184 g/mol. The lowest BCUT2D eigenvalue weighted by Crippen LogP contribution is -2.36. The molecule has 0 saturated heterocycles. The van der Waals surface area contributed by atoms with Crippen LogP contribution in [0.3, 0.4) is 0 Å². The molecule has 0 aromatic heterocycles. The second-order valence-corrected chi connectivity index (χ2v) is 4.81. The van der Waals surface area contributed by atoms with Gasteiger partial charge in [-0.3, -0.25) is 0 Å². The van der Waals surface area contributed by atoms with Gasteiger partial charge in [-0.1, -0.05) is 39.5 Å². The molecule has 0 spiro atoms. The second kappa shape index (κ2) is 4.45. The third-order valence-corrected chi connectivity index (χ3v) is 4.24. The van der Waals surface area contributed by atoms with Crippen LogP contribution in [0.4, 0.5) is 0 Å². The molecular weight excluding hydrogens is 160 g/mol. The lowest BCUT2D eigenvalue weighted by Gasteiger charge is -2.43. The first kappa shape index (κ1) is 11.0.